The fourth-order valence-corrected chi connectivity index (χ4v) is 6.85. The van der Waals surface area contributed by atoms with Gasteiger partial charge in [-0.2, -0.15) is 0 Å². The molecule has 2 N–H and O–H groups in total. The Kier molecular flexibility index (Phi) is 8.65. The molecule has 0 saturated heterocycles. The number of hydrogen-bond acceptors (Lipinski definition) is 6. The number of aromatic nitrogens is 1. The molecule has 0 spiro atoms. The standard InChI is InChI=1S/C25H32N2O4S3/c1-5-6-7-8-9-21(23(28)29)32-24-26-20-15-12-18(16-22(20)33-24)27-34(30,31)19-13-10-17(11-14-19)25(2,3)4/h10-16,21,27H,5-9H2,1-4H3,(H,28,29). The molecule has 0 fully saturated rings. The molecule has 9 heteroatoms. The predicted molar refractivity (Wildman–Crippen MR) is 142 cm³/mol. The van der Waals surface area contributed by atoms with Crippen molar-refractivity contribution in [3.05, 3.63) is 48.0 Å². The number of anilines is 1. The van der Waals surface area contributed by atoms with Crippen molar-refractivity contribution in [1.29, 1.82) is 0 Å². The summed E-state index contributed by atoms with van der Waals surface area (Å²) >= 11 is 2.65. The third-order valence-electron chi connectivity index (χ3n) is 5.49. The number of carboxylic acids is 1. The predicted octanol–water partition coefficient (Wildman–Crippen LogP) is 6.91. The van der Waals surface area contributed by atoms with Crippen LogP contribution in [0.5, 0.6) is 0 Å². The van der Waals surface area contributed by atoms with Crippen LogP contribution in [0.25, 0.3) is 10.2 Å². The van der Waals surface area contributed by atoms with Crippen LogP contribution in [-0.2, 0) is 20.2 Å². The third-order valence-corrected chi connectivity index (χ3v) is 9.25. The highest BCUT2D eigenvalue weighted by Gasteiger charge is 2.21. The Hall–Kier alpha value is -2.10. The summed E-state index contributed by atoms with van der Waals surface area (Å²) in [6, 6.07) is 12.1. The summed E-state index contributed by atoms with van der Waals surface area (Å²) in [5.41, 5.74) is 2.17. The first-order valence-electron chi connectivity index (χ1n) is 11.4. The van der Waals surface area contributed by atoms with Crippen molar-refractivity contribution in [1.82, 2.24) is 4.98 Å². The first kappa shape index (κ1) is 26.5. The summed E-state index contributed by atoms with van der Waals surface area (Å²) in [6.45, 7) is 8.37. The number of thioether (sulfide) groups is 1. The van der Waals surface area contributed by atoms with E-state index in [-0.39, 0.29) is 10.3 Å². The van der Waals surface area contributed by atoms with Gasteiger partial charge in [-0.25, -0.2) is 13.4 Å². The van der Waals surface area contributed by atoms with Crippen LogP contribution in [0.15, 0.2) is 51.7 Å². The minimum absolute atomic E-state index is 0.0577. The van der Waals surface area contributed by atoms with Gasteiger partial charge >= 0.3 is 5.97 Å². The zero-order valence-corrected chi connectivity index (χ0v) is 22.4. The molecule has 34 heavy (non-hydrogen) atoms. The molecular formula is C25H32N2O4S3. The molecule has 6 nitrogen and oxygen atoms in total. The summed E-state index contributed by atoms with van der Waals surface area (Å²) < 4.78 is 29.9. The molecule has 1 heterocycles. The van der Waals surface area contributed by atoms with Gasteiger partial charge in [-0.3, -0.25) is 9.52 Å². The van der Waals surface area contributed by atoms with E-state index in [2.05, 4.69) is 37.4 Å². The van der Waals surface area contributed by atoms with Crippen LogP contribution in [0.4, 0.5) is 5.69 Å². The average molecular weight is 521 g/mol. The maximum Gasteiger partial charge on any atom is 0.317 e. The third kappa shape index (κ3) is 6.96. The van der Waals surface area contributed by atoms with Crippen molar-refractivity contribution in [2.24, 2.45) is 0 Å². The Morgan fingerprint density at radius 3 is 2.44 bits per heavy atom. The number of aliphatic carboxylic acids is 1. The van der Waals surface area contributed by atoms with E-state index in [0.717, 1.165) is 41.5 Å². The number of nitrogens with zero attached hydrogens (tertiary/aromatic N) is 1. The largest absolute Gasteiger partial charge is 0.480 e. The summed E-state index contributed by atoms with van der Waals surface area (Å²) in [4.78, 5) is 16.4. The number of carboxylic acid groups (broad SMARTS) is 1. The van der Waals surface area contributed by atoms with E-state index in [1.54, 1.807) is 30.3 Å². The van der Waals surface area contributed by atoms with E-state index in [9.17, 15) is 18.3 Å². The number of sulfonamides is 1. The van der Waals surface area contributed by atoms with Crippen LogP contribution < -0.4 is 4.72 Å². The summed E-state index contributed by atoms with van der Waals surface area (Å²) in [5.74, 6) is -0.827. The summed E-state index contributed by atoms with van der Waals surface area (Å²) in [6.07, 6.45) is 4.73. The van der Waals surface area contributed by atoms with E-state index >= 15 is 0 Å². The van der Waals surface area contributed by atoms with Crippen LogP contribution in [-0.4, -0.2) is 29.7 Å². The Morgan fingerprint density at radius 1 is 1.12 bits per heavy atom. The monoisotopic (exact) mass is 520 g/mol. The molecule has 3 aromatic rings. The lowest BCUT2D eigenvalue weighted by Gasteiger charge is -2.19. The van der Waals surface area contributed by atoms with Crippen molar-refractivity contribution < 1.29 is 18.3 Å². The zero-order valence-electron chi connectivity index (χ0n) is 20.0. The van der Waals surface area contributed by atoms with Gasteiger partial charge in [0.15, 0.2) is 4.34 Å². The Bertz CT molecular complexity index is 1230. The smallest absolute Gasteiger partial charge is 0.317 e. The number of fused-ring (bicyclic) bond motifs is 1. The van der Waals surface area contributed by atoms with Gasteiger partial charge in [-0.15, -0.1) is 11.3 Å². The Morgan fingerprint density at radius 2 is 1.82 bits per heavy atom. The second kappa shape index (κ2) is 11.1. The maximum atomic E-state index is 12.9. The topological polar surface area (TPSA) is 96.4 Å². The van der Waals surface area contributed by atoms with Crippen LogP contribution in [0.3, 0.4) is 0 Å². The molecule has 0 aliphatic rings. The van der Waals surface area contributed by atoms with Crippen molar-refractivity contribution in [3.8, 4) is 0 Å². The quantitative estimate of drug-likeness (QED) is 0.211. The first-order chi connectivity index (χ1) is 16.0. The second-order valence-electron chi connectivity index (χ2n) is 9.34. The molecule has 1 atom stereocenters. The van der Waals surface area contributed by atoms with Gasteiger partial charge in [-0.05, 0) is 47.7 Å². The SMILES string of the molecule is CCCCCCC(Sc1nc2ccc(NS(=O)(=O)c3ccc(C(C)(C)C)cc3)cc2s1)C(=O)O. The molecule has 1 unspecified atom stereocenters. The Labute approximate surface area is 210 Å². The van der Waals surface area contributed by atoms with E-state index in [0.29, 0.717) is 16.4 Å². The molecule has 1 aromatic heterocycles. The van der Waals surface area contributed by atoms with E-state index in [1.807, 2.05) is 12.1 Å². The van der Waals surface area contributed by atoms with E-state index in [1.165, 1.54) is 23.1 Å². The lowest BCUT2D eigenvalue weighted by Crippen LogP contribution is -2.15. The van der Waals surface area contributed by atoms with Crippen molar-refractivity contribution >= 4 is 55.0 Å². The highest BCUT2D eigenvalue weighted by atomic mass is 32.2. The number of unbranched alkanes of at least 4 members (excludes halogenated alkanes) is 3. The lowest BCUT2D eigenvalue weighted by atomic mass is 9.87. The molecule has 0 aliphatic carbocycles. The maximum absolute atomic E-state index is 12.9. The van der Waals surface area contributed by atoms with Gasteiger partial charge in [0.2, 0.25) is 0 Å². The molecule has 0 amide bonds. The molecule has 184 valence electrons. The molecule has 0 saturated carbocycles. The van der Waals surface area contributed by atoms with Crippen LogP contribution >= 0.6 is 23.1 Å². The van der Waals surface area contributed by atoms with Gasteiger partial charge in [0.05, 0.1) is 20.8 Å². The molecule has 0 radical (unpaired) electrons. The highest BCUT2D eigenvalue weighted by molar-refractivity contribution is 8.02. The van der Waals surface area contributed by atoms with Crippen molar-refractivity contribution in [2.45, 2.75) is 79.7 Å². The number of hydrogen-bond donors (Lipinski definition) is 2. The summed E-state index contributed by atoms with van der Waals surface area (Å²) in [5, 5.41) is 9.05. The zero-order chi connectivity index (χ0) is 24.9. The number of rotatable bonds is 11. The molecule has 2 aromatic carbocycles. The van der Waals surface area contributed by atoms with E-state index in [4.69, 9.17) is 0 Å². The Balaban J connectivity index is 1.73. The lowest BCUT2D eigenvalue weighted by molar-refractivity contribution is -0.136. The van der Waals surface area contributed by atoms with Gasteiger partial charge in [0.25, 0.3) is 10.0 Å². The van der Waals surface area contributed by atoms with Crippen LogP contribution in [0.1, 0.15) is 65.4 Å². The fraction of sp³-hybridized carbons (Fsp3) is 0.440. The van der Waals surface area contributed by atoms with Gasteiger partial charge in [0, 0.05) is 0 Å². The van der Waals surface area contributed by atoms with E-state index < -0.39 is 21.2 Å². The fourth-order valence-electron chi connectivity index (χ4n) is 3.48. The molecule has 0 aliphatic heterocycles. The van der Waals surface area contributed by atoms with Gasteiger partial charge in [-0.1, -0.05) is 77.3 Å². The number of carbonyl (C=O) groups is 1. The van der Waals surface area contributed by atoms with Gasteiger partial charge in [0.1, 0.15) is 5.25 Å². The number of nitrogens with one attached hydrogen (secondary N) is 1. The molecule has 0 bridgehead atoms. The van der Waals surface area contributed by atoms with Crippen molar-refractivity contribution in [2.75, 3.05) is 4.72 Å². The van der Waals surface area contributed by atoms with Crippen LogP contribution in [0, 0.1) is 0 Å². The van der Waals surface area contributed by atoms with Crippen LogP contribution in [0.2, 0.25) is 0 Å². The van der Waals surface area contributed by atoms with Gasteiger partial charge < -0.3 is 5.11 Å². The minimum atomic E-state index is -3.73. The minimum Gasteiger partial charge on any atom is -0.480 e. The normalized spacial score (nSPS) is 13.2. The first-order valence-corrected chi connectivity index (χ1v) is 14.6. The molecule has 3 rings (SSSR count). The van der Waals surface area contributed by atoms with Crippen molar-refractivity contribution in [3.63, 3.8) is 0 Å². The number of benzene rings is 2. The highest BCUT2D eigenvalue weighted by Crippen LogP contribution is 2.35. The number of thiazole rings is 1. The summed E-state index contributed by atoms with van der Waals surface area (Å²) in [7, 11) is -3.73. The average Bonchev–Trinajstić information content (AvgIpc) is 3.16. The second-order valence-corrected chi connectivity index (χ2v) is 13.5. The molecular weight excluding hydrogens is 488 g/mol.